The van der Waals surface area contributed by atoms with Crippen LogP contribution in [0.1, 0.15) is 42.0 Å². The molecule has 0 aromatic carbocycles. The predicted molar refractivity (Wildman–Crippen MR) is 91.7 cm³/mol. The van der Waals surface area contributed by atoms with Crippen LogP contribution in [0, 0.1) is 0 Å². The standard InChI is InChI=1S/C17H26N2O3S/c1-23-11-14-5-6-15(22-14)16(20)19-10-4-7-17(21,13-19)12-18-8-2-3-9-18/h5-6,21H,2-4,7-13H2,1H3. The fourth-order valence-corrected chi connectivity index (χ4v) is 4.08. The van der Waals surface area contributed by atoms with Crippen molar-refractivity contribution in [3.8, 4) is 0 Å². The van der Waals surface area contributed by atoms with Crippen LogP contribution in [0.4, 0.5) is 0 Å². The van der Waals surface area contributed by atoms with E-state index in [1.165, 1.54) is 12.8 Å². The number of likely N-dealkylation sites (tertiary alicyclic amines) is 2. The Balaban J connectivity index is 1.63. The molecular formula is C17H26N2O3S. The van der Waals surface area contributed by atoms with Gasteiger partial charge < -0.3 is 19.3 Å². The average molecular weight is 338 g/mol. The summed E-state index contributed by atoms with van der Waals surface area (Å²) in [7, 11) is 0. The van der Waals surface area contributed by atoms with Crippen molar-refractivity contribution in [1.82, 2.24) is 9.80 Å². The first-order valence-corrected chi connectivity index (χ1v) is 9.81. The SMILES string of the molecule is CSCc1ccc(C(=O)N2CCCC(O)(CN3CCCC3)C2)o1. The summed E-state index contributed by atoms with van der Waals surface area (Å²) in [5, 5.41) is 10.9. The second-order valence-electron chi connectivity index (χ2n) is 6.74. The molecule has 0 spiro atoms. The van der Waals surface area contributed by atoms with Crippen molar-refractivity contribution in [3.05, 3.63) is 23.7 Å². The monoisotopic (exact) mass is 338 g/mol. The molecule has 3 heterocycles. The van der Waals surface area contributed by atoms with Gasteiger partial charge in [0.15, 0.2) is 5.76 Å². The maximum Gasteiger partial charge on any atom is 0.289 e. The van der Waals surface area contributed by atoms with Gasteiger partial charge in [0.1, 0.15) is 5.76 Å². The first kappa shape index (κ1) is 16.9. The highest BCUT2D eigenvalue weighted by Gasteiger charge is 2.38. The Morgan fingerprint density at radius 3 is 2.83 bits per heavy atom. The lowest BCUT2D eigenvalue weighted by Crippen LogP contribution is -2.55. The number of nitrogens with zero attached hydrogens (tertiary/aromatic N) is 2. The van der Waals surface area contributed by atoms with Gasteiger partial charge >= 0.3 is 0 Å². The molecule has 0 bridgehead atoms. The number of amides is 1. The maximum absolute atomic E-state index is 12.6. The van der Waals surface area contributed by atoms with Gasteiger partial charge in [0, 0.05) is 13.1 Å². The van der Waals surface area contributed by atoms with E-state index in [4.69, 9.17) is 4.42 Å². The number of rotatable bonds is 5. The molecule has 2 aliphatic heterocycles. The topological polar surface area (TPSA) is 56.9 Å². The van der Waals surface area contributed by atoms with Gasteiger partial charge in [0.2, 0.25) is 0 Å². The van der Waals surface area contributed by atoms with E-state index in [-0.39, 0.29) is 5.91 Å². The van der Waals surface area contributed by atoms with E-state index in [9.17, 15) is 9.90 Å². The summed E-state index contributed by atoms with van der Waals surface area (Å²) in [6.07, 6.45) is 6.04. The number of carbonyl (C=O) groups is 1. The molecular weight excluding hydrogens is 312 g/mol. The molecule has 1 unspecified atom stereocenters. The van der Waals surface area contributed by atoms with Crippen LogP contribution in [0.15, 0.2) is 16.5 Å². The zero-order valence-corrected chi connectivity index (χ0v) is 14.6. The van der Waals surface area contributed by atoms with Crippen LogP contribution < -0.4 is 0 Å². The first-order chi connectivity index (χ1) is 11.1. The third kappa shape index (κ3) is 4.11. The van der Waals surface area contributed by atoms with Crippen LogP contribution in [0.3, 0.4) is 0 Å². The van der Waals surface area contributed by atoms with Crippen molar-refractivity contribution in [2.75, 3.05) is 39.0 Å². The molecule has 0 saturated carbocycles. The first-order valence-electron chi connectivity index (χ1n) is 8.41. The molecule has 128 valence electrons. The maximum atomic E-state index is 12.6. The Bertz CT molecular complexity index is 542. The van der Waals surface area contributed by atoms with Crippen molar-refractivity contribution in [2.45, 2.75) is 37.0 Å². The minimum Gasteiger partial charge on any atom is -0.455 e. The summed E-state index contributed by atoms with van der Waals surface area (Å²) in [4.78, 5) is 16.7. The Labute approximate surface area is 142 Å². The van der Waals surface area contributed by atoms with Crippen LogP contribution >= 0.6 is 11.8 Å². The Kier molecular flexibility index (Phi) is 5.34. The van der Waals surface area contributed by atoms with E-state index in [1.54, 1.807) is 22.7 Å². The van der Waals surface area contributed by atoms with Gasteiger partial charge in [-0.3, -0.25) is 4.79 Å². The molecule has 6 heteroatoms. The van der Waals surface area contributed by atoms with Gasteiger partial charge in [-0.15, -0.1) is 0 Å². The van der Waals surface area contributed by atoms with Crippen molar-refractivity contribution in [3.63, 3.8) is 0 Å². The number of furan rings is 1. The normalized spacial score (nSPS) is 25.9. The average Bonchev–Trinajstić information content (AvgIpc) is 3.18. The summed E-state index contributed by atoms with van der Waals surface area (Å²) in [5.41, 5.74) is -0.785. The van der Waals surface area contributed by atoms with E-state index >= 15 is 0 Å². The number of aliphatic hydroxyl groups is 1. The third-order valence-electron chi connectivity index (χ3n) is 4.72. The highest BCUT2D eigenvalue weighted by molar-refractivity contribution is 7.97. The molecule has 0 radical (unpaired) electrons. The minimum absolute atomic E-state index is 0.100. The number of hydrogen-bond acceptors (Lipinski definition) is 5. The van der Waals surface area contributed by atoms with Crippen LogP contribution in [0.25, 0.3) is 0 Å². The summed E-state index contributed by atoms with van der Waals surface area (Å²) in [6, 6.07) is 3.62. The molecule has 1 amide bonds. The van der Waals surface area contributed by atoms with Crippen molar-refractivity contribution < 1.29 is 14.3 Å². The molecule has 2 aliphatic rings. The Morgan fingerprint density at radius 1 is 1.30 bits per heavy atom. The predicted octanol–water partition coefficient (Wildman–Crippen LogP) is 2.21. The zero-order chi connectivity index (χ0) is 16.3. The molecule has 0 aliphatic carbocycles. The lowest BCUT2D eigenvalue weighted by Gasteiger charge is -2.40. The van der Waals surface area contributed by atoms with Crippen LogP contribution in [0.2, 0.25) is 0 Å². The molecule has 1 aromatic rings. The number of carbonyl (C=O) groups excluding carboxylic acids is 1. The largest absolute Gasteiger partial charge is 0.455 e. The smallest absolute Gasteiger partial charge is 0.289 e. The van der Waals surface area contributed by atoms with Gasteiger partial charge in [-0.25, -0.2) is 0 Å². The van der Waals surface area contributed by atoms with E-state index in [0.29, 0.717) is 25.4 Å². The molecule has 2 fully saturated rings. The third-order valence-corrected chi connectivity index (χ3v) is 5.29. The van der Waals surface area contributed by atoms with E-state index in [0.717, 1.165) is 37.4 Å². The van der Waals surface area contributed by atoms with E-state index in [1.807, 2.05) is 12.3 Å². The van der Waals surface area contributed by atoms with Crippen LogP contribution in [-0.4, -0.2) is 65.4 Å². The van der Waals surface area contributed by atoms with Crippen LogP contribution in [-0.2, 0) is 5.75 Å². The molecule has 5 nitrogen and oxygen atoms in total. The lowest BCUT2D eigenvalue weighted by molar-refractivity contribution is -0.0437. The Morgan fingerprint density at radius 2 is 2.09 bits per heavy atom. The highest BCUT2D eigenvalue weighted by atomic mass is 32.2. The van der Waals surface area contributed by atoms with Gasteiger partial charge in [0.25, 0.3) is 5.91 Å². The summed E-state index contributed by atoms with van der Waals surface area (Å²) in [6.45, 7) is 3.90. The Hall–Kier alpha value is -0.980. The summed E-state index contributed by atoms with van der Waals surface area (Å²) in [5.74, 6) is 1.88. The highest BCUT2D eigenvalue weighted by Crippen LogP contribution is 2.26. The zero-order valence-electron chi connectivity index (χ0n) is 13.8. The fourth-order valence-electron chi connectivity index (χ4n) is 3.64. The molecule has 1 N–H and O–H groups in total. The van der Waals surface area contributed by atoms with E-state index < -0.39 is 5.60 Å². The van der Waals surface area contributed by atoms with Gasteiger partial charge in [-0.1, -0.05) is 0 Å². The lowest BCUT2D eigenvalue weighted by atomic mass is 9.92. The number of thioether (sulfide) groups is 1. The second-order valence-corrected chi connectivity index (χ2v) is 7.60. The molecule has 23 heavy (non-hydrogen) atoms. The van der Waals surface area contributed by atoms with Gasteiger partial charge in [-0.05, 0) is 57.2 Å². The fraction of sp³-hybridized carbons (Fsp3) is 0.706. The second kappa shape index (κ2) is 7.28. The minimum atomic E-state index is -0.785. The molecule has 3 rings (SSSR count). The van der Waals surface area contributed by atoms with E-state index in [2.05, 4.69) is 4.90 Å². The van der Waals surface area contributed by atoms with Crippen molar-refractivity contribution in [2.24, 2.45) is 0 Å². The van der Waals surface area contributed by atoms with Crippen molar-refractivity contribution in [1.29, 1.82) is 0 Å². The van der Waals surface area contributed by atoms with Gasteiger partial charge in [-0.2, -0.15) is 11.8 Å². The number of hydrogen-bond donors (Lipinski definition) is 1. The molecule has 1 atom stereocenters. The number of piperidine rings is 1. The summed E-state index contributed by atoms with van der Waals surface area (Å²) < 4.78 is 5.64. The van der Waals surface area contributed by atoms with Crippen molar-refractivity contribution >= 4 is 17.7 Å². The van der Waals surface area contributed by atoms with Crippen LogP contribution in [0.5, 0.6) is 0 Å². The molecule has 2 saturated heterocycles. The van der Waals surface area contributed by atoms with Gasteiger partial charge in [0.05, 0.1) is 17.9 Å². The summed E-state index contributed by atoms with van der Waals surface area (Å²) >= 11 is 1.67. The molecule has 1 aromatic heterocycles. The number of β-amino-alcohol motifs (C(OH)–C–C–N with tert-alkyl or cyclic N) is 1. The quantitative estimate of drug-likeness (QED) is 0.892.